The van der Waals surface area contributed by atoms with Crippen molar-refractivity contribution in [3.05, 3.63) is 48.0 Å². The number of rotatable bonds is 7. The molecule has 0 aliphatic carbocycles. The standard InChI is InChI=1S/C22H28N2O5/c1-14-8-6-7-9-18(14)29-13-17(25)20(26)23-15-10-11-16(19(12-15)28-5)24-21(27)22(2,3)4/h6-12,17,25H,13H2,1-5H3,(H,23,26)(H,24,27)/t17-/m1/s1. The quantitative estimate of drug-likeness (QED) is 0.662. The van der Waals surface area contributed by atoms with Gasteiger partial charge in [0.15, 0.2) is 6.10 Å². The minimum absolute atomic E-state index is 0.156. The van der Waals surface area contributed by atoms with Crippen LogP contribution >= 0.6 is 0 Å². The highest BCUT2D eigenvalue weighted by Crippen LogP contribution is 2.29. The van der Waals surface area contributed by atoms with Gasteiger partial charge in [-0.1, -0.05) is 39.0 Å². The van der Waals surface area contributed by atoms with Crippen LogP contribution in [0.4, 0.5) is 11.4 Å². The van der Waals surface area contributed by atoms with Gasteiger partial charge in [0.1, 0.15) is 18.1 Å². The molecule has 0 heterocycles. The monoisotopic (exact) mass is 400 g/mol. The number of nitrogens with one attached hydrogen (secondary N) is 2. The predicted molar refractivity (Wildman–Crippen MR) is 112 cm³/mol. The van der Waals surface area contributed by atoms with Gasteiger partial charge in [0.25, 0.3) is 5.91 Å². The highest BCUT2D eigenvalue weighted by molar-refractivity contribution is 5.97. The van der Waals surface area contributed by atoms with Gasteiger partial charge >= 0.3 is 0 Å². The lowest BCUT2D eigenvalue weighted by Gasteiger charge is -2.19. The number of benzene rings is 2. The predicted octanol–water partition coefficient (Wildman–Crippen LogP) is 3.37. The van der Waals surface area contributed by atoms with Crippen LogP contribution in [-0.4, -0.2) is 36.7 Å². The van der Waals surface area contributed by atoms with E-state index in [-0.39, 0.29) is 12.5 Å². The highest BCUT2D eigenvalue weighted by atomic mass is 16.5. The summed E-state index contributed by atoms with van der Waals surface area (Å²) in [7, 11) is 1.47. The first kappa shape index (κ1) is 22.2. The van der Waals surface area contributed by atoms with Crippen molar-refractivity contribution in [2.45, 2.75) is 33.8 Å². The second kappa shape index (κ2) is 9.43. The zero-order valence-electron chi connectivity index (χ0n) is 17.4. The topological polar surface area (TPSA) is 96.9 Å². The van der Waals surface area contributed by atoms with Crippen LogP contribution in [0.25, 0.3) is 0 Å². The van der Waals surface area contributed by atoms with Crippen molar-refractivity contribution in [1.82, 2.24) is 0 Å². The summed E-state index contributed by atoms with van der Waals surface area (Å²) in [4.78, 5) is 24.4. The summed E-state index contributed by atoms with van der Waals surface area (Å²) < 4.78 is 10.8. The van der Waals surface area contributed by atoms with E-state index in [1.54, 1.807) is 24.3 Å². The molecule has 29 heavy (non-hydrogen) atoms. The Morgan fingerprint density at radius 2 is 1.76 bits per heavy atom. The van der Waals surface area contributed by atoms with Crippen molar-refractivity contribution in [1.29, 1.82) is 0 Å². The second-order valence-corrected chi connectivity index (χ2v) is 7.70. The molecule has 7 nitrogen and oxygen atoms in total. The molecule has 0 unspecified atom stereocenters. The van der Waals surface area contributed by atoms with Gasteiger partial charge in [-0.25, -0.2) is 0 Å². The van der Waals surface area contributed by atoms with Crippen LogP contribution < -0.4 is 20.1 Å². The molecule has 2 rings (SSSR count). The molecule has 0 bridgehead atoms. The van der Waals surface area contributed by atoms with E-state index in [9.17, 15) is 14.7 Å². The van der Waals surface area contributed by atoms with Crippen LogP contribution in [0.2, 0.25) is 0 Å². The molecule has 2 aromatic carbocycles. The molecular weight excluding hydrogens is 372 g/mol. The van der Waals surface area contributed by atoms with E-state index >= 15 is 0 Å². The Balaban J connectivity index is 2.00. The van der Waals surface area contributed by atoms with Crippen LogP contribution in [0.3, 0.4) is 0 Å². The first-order valence-electron chi connectivity index (χ1n) is 9.28. The molecule has 1 atom stereocenters. The first-order valence-corrected chi connectivity index (χ1v) is 9.28. The van der Waals surface area contributed by atoms with Crippen LogP contribution in [0, 0.1) is 12.3 Å². The van der Waals surface area contributed by atoms with E-state index in [1.807, 2.05) is 45.9 Å². The minimum Gasteiger partial charge on any atom is -0.494 e. The minimum atomic E-state index is -1.35. The maximum Gasteiger partial charge on any atom is 0.256 e. The van der Waals surface area contributed by atoms with E-state index in [4.69, 9.17) is 9.47 Å². The molecule has 2 amide bonds. The Bertz CT molecular complexity index is 874. The van der Waals surface area contributed by atoms with Gasteiger partial charge in [-0.3, -0.25) is 9.59 Å². The lowest BCUT2D eigenvalue weighted by atomic mass is 9.95. The van der Waals surface area contributed by atoms with Crippen molar-refractivity contribution < 1.29 is 24.2 Å². The number of carbonyl (C=O) groups excluding carboxylic acids is 2. The normalized spacial score (nSPS) is 12.1. The fraction of sp³-hybridized carbons (Fsp3) is 0.364. The number of amides is 2. The average molecular weight is 400 g/mol. The van der Waals surface area contributed by atoms with E-state index in [0.717, 1.165) is 5.56 Å². The summed E-state index contributed by atoms with van der Waals surface area (Å²) in [5.74, 6) is 0.245. The summed E-state index contributed by atoms with van der Waals surface area (Å²) in [5, 5.41) is 15.5. The number of aliphatic hydroxyl groups is 1. The Labute approximate surface area is 171 Å². The second-order valence-electron chi connectivity index (χ2n) is 7.70. The third kappa shape index (κ3) is 6.22. The van der Waals surface area contributed by atoms with Crippen molar-refractivity contribution in [2.75, 3.05) is 24.4 Å². The highest BCUT2D eigenvalue weighted by Gasteiger charge is 2.23. The smallest absolute Gasteiger partial charge is 0.256 e. The molecular formula is C22H28N2O5. The number of ether oxygens (including phenoxy) is 2. The van der Waals surface area contributed by atoms with Gasteiger partial charge < -0.3 is 25.2 Å². The molecule has 0 saturated carbocycles. The summed E-state index contributed by atoms with van der Waals surface area (Å²) >= 11 is 0. The zero-order valence-corrected chi connectivity index (χ0v) is 17.4. The number of hydrogen-bond donors (Lipinski definition) is 3. The lowest BCUT2D eigenvalue weighted by Crippen LogP contribution is -2.33. The largest absolute Gasteiger partial charge is 0.494 e. The van der Waals surface area contributed by atoms with Gasteiger partial charge in [-0.15, -0.1) is 0 Å². The summed E-state index contributed by atoms with van der Waals surface area (Å²) in [5.41, 5.74) is 1.28. The third-order valence-corrected chi connectivity index (χ3v) is 4.19. The molecule has 0 radical (unpaired) electrons. The van der Waals surface area contributed by atoms with Gasteiger partial charge in [0, 0.05) is 17.2 Å². The number of anilines is 2. The van der Waals surface area contributed by atoms with Crippen LogP contribution in [-0.2, 0) is 9.59 Å². The first-order chi connectivity index (χ1) is 13.6. The fourth-order valence-corrected chi connectivity index (χ4v) is 2.37. The Morgan fingerprint density at radius 1 is 1.07 bits per heavy atom. The third-order valence-electron chi connectivity index (χ3n) is 4.19. The Kier molecular flexibility index (Phi) is 7.23. The summed E-state index contributed by atoms with van der Waals surface area (Å²) in [6.45, 7) is 7.14. The van der Waals surface area contributed by atoms with Gasteiger partial charge in [-0.2, -0.15) is 0 Å². The number of methoxy groups -OCH3 is 1. The van der Waals surface area contributed by atoms with E-state index < -0.39 is 17.4 Å². The molecule has 3 N–H and O–H groups in total. The number of hydrogen-bond acceptors (Lipinski definition) is 5. The number of carbonyl (C=O) groups is 2. The van der Waals surface area contributed by atoms with E-state index in [2.05, 4.69) is 10.6 Å². The molecule has 7 heteroatoms. The fourth-order valence-electron chi connectivity index (χ4n) is 2.37. The maximum atomic E-state index is 12.3. The molecule has 2 aromatic rings. The van der Waals surface area contributed by atoms with Crippen molar-refractivity contribution in [3.8, 4) is 11.5 Å². The Morgan fingerprint density at radius 3 is 2.38 bits per heavy atom. The maximum absolute atomic E-state index is 12.3. The van der Waals surface area contributed by atoms with Crippen molar-refractivity contribution in [2.24, 2.45) is 5.41 Å². The molecule has 0 fully saturated rings. The summed E-state index contributed by atoms with van der Waals surface area (Å²) in [6.07, 6.45) is -1.35. The molecule has 156 valence electrons. The van der Waals surface area contributed by atoms with E-state index in [0.29, 0.717) is 22.9 Å². The van der Waals surface area contributed by atoms with Crippen LogP contribution in [0.15, 0.2) is 42.5 Å². The van der Waals surface area contributed by atoms with Crippen molar-refractivity contribution in [3.63, 3.8) is 0 Å². The van der Waals surface area contributed by atoms with Crippen LogP contribution in [0.5, 0.6) is 11.5 Å². The zero-order chi connectivity index (χ0) is 21.6. The molecule has 0 saturated heterocycles. The molecule has 0 aliphatic heterocycles. The van der Waals surface area contributed by atoms with Crippen molar-refractivity contribution >= 4 is 23.2 Å². The average Bonchev–Trinajstić information content (AvgIpc) is 2.67. The molecule has 0 aromatic heterocycles. The number of para-hydroxylation sites is 1. The lowest BCUT2D eigenvalue weighted by molar-refractivity contribution is -0.125. The SMILES string of the molecule is COc1cc(NC(=O)[C@H](O)COc2ccccc2C)ccc1NC(=O)C(C)(C)C. The van der Waals surface area contributed by atoms with Gasteiger partial charge in [-0.05, 0) is 30.7 Å². The summed E-state index contributed by atoms with van der Waals surface area (Å²) in [6, 6.07) is 12.2. The van der Waals surface area contributed by atoms with Gasteiger partial charge in [0.05, 0.1) is 12.8 Å². The molecule has 0 aliphatic rings. The number of aliphatic hydroxyl groups excluding tert-OH is 1. The van der Waals surface area contributed by atoms with Gasteiger partial charge in [0.2, 0.25) is 5.91 Å². The van der Waals surface area contributed by atoms with E-state index in [1.165, 1.54) is 7.11 Å². The Hall–Kier alpha value is -3.06. The molecule has 0 spiro atoms. The number of aryl methyl sites for hydroxylation is 1. The van der Waals surface area contributed by atoms with Crippen LogP contribution in [0.1, 0.15) is 26.3 Å².